The second-order valence-corrected chi connectivity index (χ2v) is 12.8. The molecule has 0 N–H and O–H groups in total. The zero-order valence-corrected chi connectivity index (χ0v) is 24.3. The molecule has 0 spiro atoms. The van der Waals surface area contributed by atoms with Crippen LogP contribution in [0.4, 0.5) is 11.4 Å². The first-order valence-electron chi connectivity index (χ1n) is 14.3. The van der Waals surface area contributed by atoms with Gasteiger partial charge in [-0.1, -0.05) is 81.8 Å². The number of benzene rings is 2. The van der Waals surface area contributed by atoms with E-state index in [0.29, 0.717) is 6.42 Å². The van der Waals surface area contributed by atoms with E-state index >= 15 is 0 Å². The summed E-state index contributed by atoms with van der Waals surface area (Å²) >= 11 is 2.10. The third kappa shape index (κ3) is 4.25. The number of hydrogen-bond acceptors (Lipinski definition) is 4. The molecule has 3 aliphatic heterocycles. The van der Waals surface area contributed by atoms with Crippen LogP contribution in [-0.4, -0.2) is 30.0 Å². The summed E-state index contributed by atoms with van der Waals surface area (Å²) in [6.45, 7) is 11.4. The van der Waals surface area contributed by atoms with E-state index in [2.05, 4.69) is 128 Å². The number of unbranched alkanes of at least 4 members (excludes halogenated alkanes) is 2. The SMILES string of the molecule is CCN1\C(=C/C=C/C=C\C23SCCCN2c2ccccc2C3(C)CCCCC=O)C(C)(C)c2ccccc21. The Morgan fingerprint density at radius 3 is 2.42 bits per heavy atom. The Balaban J connectivity index is 1.45. The van der Waals surface area contributed by atoms with Crippen molar-refractivity contribution in [3.05, 3.63) is 95.7 Å². The number of nitrogens with zero attached hydrogens (tertiary/aromatic N) is 2. The Morgan fingerprint density at radius 1 is 0.921 bits per heavy atom. The highest BCUT2D eigenvalue weighted by molar-refractivity contribution is 8.01. The number of aldehydes is 1. The number of fused-ring (bicyclic) bond motifs is 4. The summed E-state index contributed by atoms with van der Waals surface area (Å²) in [6, 6.07) is 17.8. The highest BCUT2D eigenvalue weighted by Crippen LogP contribution is 2.61. The Kier molecular flexibility index (Phi) is 7.64. The highest BCUT2D eigenvalue weighted by atomic mass is 32.2. The normalized spacial score (nSPS) is 26.8. The van der Waals surface area contributed by atoms with Gasteiger partial charge in [-0.05, 0) is 67.4 Å². The minimum Gasteiger partial charge on any atom is -0.352 e. The van der Waals surface area contributed by atoms with Crippen LogP contribution >= 0.6 is 11.8 Å². The van der Waals surface area contributed by atoms with Gasteiger partial charge in [-0.2, -0.15) is 0 Å². The van der Waals surface area contributed by atoms with E-state index in [0.717, 1.165) is 38.6 Å². The number of allylic oxidation sites excluding steroid dienone is 5. The van der Waals surface area contributed by atoms with E-state index in [9.17, 15) is 4.79 Å². The van der Waals surface area contributed by atoms with Crippen molar-refractivity contribution in [2.24, 2.45) is 0 Å². The van der Waals surface area contributed by atoms with Gasteiger partial charge in [0.25, 0.3) is 0 Å². The number of anilines is 2. The number of carbonyl (C=O) groups is 1. The van der Waals surface area contributed by atoms with Gasteiger partial charge in [0.15, 0.2) is 0 Å². The van der Waals surface area contributed by atoms with Crippen molar-refractivity contribution in [2.45, 2.75) is 75.5 Å². The lowest BCUT2D eigenvalue weighted by molar-refractivity contribution is -0.107. The van der Waals surface area contributed by atoms with Crippen molar-refractivity contribution in [3.63, 3.8) is 0 Å². The minimum absolute atomic E-state index is 0.00549. The molecule has 2 atom stereocenters. The van der Waals surface area contributed by atoms with Gasteiger partial charge in [0.2, 0.25) is 0 Å². The smallest absolute Gasteiger partial charge is 0.119 e. The average Bonchev–Trinajstić information content (AvgIpc) is 3.29. The Morgan fingerprint density at radius 2 is 1.66 bits per heavy atom. The molecule has 0 aliphatic carbocycles. The fraction of sp³-hybridized carbons (Fsp3) is 0.441. The van der Waals surface area contributed by atoms with Crippen molar-refractivity contribution in [1.82, 2.24) is 0 Å². The minimum atomic E-state index is -0.105. The van der Waals surface area contributed by atoms with Gasteiger partial charge < -0.3 is 14.6 Å². The molecular weight excluding hydrogens is 484 g/mol. The molecule has 0 radical (unpaired) electrons. The van der Waals surface area contributed by atoms with Crippen LogP contribution < -0.4 is 9.80 Å². The van der Waals surface area contributed by atoms with Gasteiger partial charge >= 0.3 is 0 Å². The summed E-state index contributed by atoms with van der Waals surface area (Å²) in [5, 5.41) is 0. The summed E-state index contributed by atoms with van der Waals surface area (Å²) in [4.78, 5) is 16.0. The summed E-state index contributed by atoms with van der Waals surface area (Å²) in [5.41, 5.74) is 6.91. The monoisotopic (exact) mass is 526 g/mol. The molecule has 4 heteroatoms. The second-order valence-electron chi connectivity index (χ2n) is 11.5. The average molecular weight is 527 g/mol. The van der Waals surface area contributed by atoms with E-state index in [1.807, 2.05) is 0 Å². The Bertz CT molecular complexity index is 1260. The second kappa shape index (κ2) is 10.8. The summed E-state index contributed by atoms with van der Waals surface area (Å²) in [7, 11) is 0. The number of para-hydroxylation sites is 2. The van der Waals surface area contributed by atoms with E-state index in [1.54, 1.807) is 0 Å². The van der Waals surface area contributed by atoms with E-state index in [-0.39, 0.29) is 15.7 Å². The van der Waals surface area contributed by atoms with Crippen molar-refractivity contribution in [2.75, 3.05) is 28.6 Å². The third-order valence-corrected chi connectivity index (χ3v) is 10.7. The van der Waals surface area contributed by atoms with Crippen LogP contribution in [-0.2, 0) is 15.6 Å². The highest BCUT2D eigenvalue weighted by Gasteiger charge is 2.58. The van der Waals surface area contributed by atoms with Crippen LogP contribution in [0.2, 0.25) is 0 Å². The molecule has 200 valence electrons. The van der Waals surface area contributed by atoms with Crippen LogP contribution in [0.3, 0.4) is 0 Å². The molecule has 0 saturated carbocycles. The van der Waals surface area contributed by atoms with Gasteiger partial charge in [-0.3, -0.25) is 0 Å². The predicted octanol–water partition coefficient (Wildman–Crippen LogP) is 8.17. The van der Waals surface area contributed by atoms with Crippen molar-refractivity contribution in [3.8, 4) is 0 Å². The molecule has 3 nitrogen and oxygen atoms in total. The van der Waals surface area contributed by atoms with Gasteiger partial charge in [-0.15, -0.1) is 11.8 Å². The van der Waals surface area contributed by atoms with E-state index < -0.39 is 0 Å². The fourth-order valence-electron chi connectivity index (χ4n) is 7.04. The third-order valence-electron chi connectivity index (χ3n) is 8.99. The number of rotatable bonds is 9. The van der Waals surface area contributed by atoms with Gasteiger partial charge in [0.05, 0.1) is 0 Å². The van der Waals surface area contributed by atoms with Crippen LogP contribution in [0.1, 0.15) is 70.9 Å². The molecule has 0 amide bonds. The quantitative estimate of drug-likeness (QED) is 0.187. The Hall–Kier alpha value is -2.72. The maximum atomic E-state index is 11.0. The van der Waals surface area contributed by atoms with Gasteiger partial charge in [0, 0.05) is 47.4 Å². The first kappa shape index (κ1) is 26.9. The zero-order valence-electron chi connectivity index (χ0n) is 23.5. The standard InChI is InChI=1S/C34H42N2OS/c1-5-35-29-19-11-9-17-27(29)32(2,3)31(35)21-8-6-14-23-34-33(4,22-13-7-15-25-37)28-18-10-12-20-30(28)36(34)24-16-26-38-34/h6,8-12,14,17-21,23,25H,5,7,13,15-16,22,24,26H2,1-4H3/b8-6+,23-14-,31-21-. The van der Waals surface area contributed by atoms with Crippen molar-refractivity contribution in [1.29, 1.82) is 0 Å². The number of likely N-dealkylation sites (N-methyl/N-ethyl adjacent to an activating group) is 1. The summed E-state index contributed by atoms with van der Waals surface area (Å²) in [6.07, 6.45) is 17.5. The molecule has 2 aromatic carbocycles. The van der Waals surface area contributed by atoms with Crippen molar-refractivity contribution >= 4 is 29.4 Å². The van der Waals surface area contributed by atoms with Crippen LogP contribution in [0.25, 0.3) is 0 Å². The van der Waals surface area contributed by atoms with Crippen LogP contribution in [0.15, 0.2) is 84.6 Å². The summed E-state index contributed by atoms with van der Waals surface area (Å²) in [5.74, 6) is 1.17. The molecule has 3 heterocycles. The topological polar surface area (TPSA) is 23.6 Å². The number of hydrogen-bond donors (Lipinski definition) is 0. The molecule has 5 rings (SSSR count). The van der Waals surface area contributed by atoms with E-state index in [4.69, 9.17) is 0 Å². The predicted molar refractivity (Wildman–Crippen MR) is 164 cm³/mol. The summed E-state index contributed by atoms with van der Waals surface area (Å²) < 4.78 is 0. The van der Waals surface area contributed by atoms with Crippen molar-refractivity contribution < 1.29 is 4.79 Å². The van der Waals surface area contributed by atoms with Gasteiger partial charge in [0.1, 0.15) is 11.2 Å². The zero-order chi connectivity index (χ0) is 26.8. The van der Waals surface area contributed by atoms with E-state index in [1.165, 1.54) is 40.4 Å². The van der Waals surface area contributed by atoms with Gasteiger partial charge in [-0.25, -0.2) is 0 Å². The van der Waals surface area contributed by atoms with Crippen LogP contribution in [0.5, 0.6) is 0 Å². The molecule has 1 fully saturated rings. The Labute approximate surface area is 233 Å². The molecule has 38 heavy (non-hydrogen) atoms. The number of carbonyl (C=O) groups excluding carboxylic acids is 1. The molecule has 2 unspecified atom stereocenters. The maximum absolute atomic E-state index is 11.0. The number of thioether (sulfide) groups is 1. The first-order valence-corrected chi connectivity index (χ1v) is 15.3. The molecule has 3 aliphatic rings. The molecule has 0 aromatic heterocycles. The lowest BCUT2D eigenvalue weighted by Gasteiger charge is -2.50. The molecule has 0 bridgehead atoms. The largest absolute Gasteiger partial charge is 0.352 e. The fourth-order valence-corrected chi connectivity index (χ4v) is 8.68. The molecular formula is C34H42N2OS. The lowest BCUT2D eigenvalue weighted by Crippen LogP contribution is -2.55. The van der Waals surface area contributed by atoms with Crippen LogP contribution in [0, 0.1) is 0 Å². The maximum Gasteiger partial charge on any atom is 0.119 e. The first-order chi connectivity index (χ1) is 18.4. The molecule has 1 saturated heterocycles. The lowest BCUT2D eigenvalue weighted by atomic mass is 9.73. The molecule has 2 aromatic rings.